The number of carbonyl (C=O) groups is 2. The Labute approximate surface area is 358 Å². The Bertz CT molecular complexity index is 2340. The zero-order valence-corrected chi connectivity index (χ0v) is 37.1. The van der Waals surface area contributed by atoms with Crippen LogP contribution in [0.5, 0.6) is 28.7 Å². The van der Waals surface area contributed by atoms with E-state index in [4.69, 9.17) is 18.6 Å². The monoisotopic (exact) mass is 840 g/mol. The summed E-state index contributed by atoms with van der Waals surface area (Å²) >= 11 is 0. The van der Waals surface area contributed by atoms with Crippen molar-refractivity contribution in [3.63, 3.8) is 0 Å². The average molecular weight is 841 g/mol. The zero-order valence-electron chi connectivity index (χ0n) is 37.1. The summed E-state index contributed by atoms with van der Waals surface area (Å²) in [5.74, 6) is -1.89. The Kier molecular flexibility index (Phi) is 10.7. The number of hydrogen-bond acceptors (Lipinski definition) is 11. The van der Waals surface area contributed by atoms with Gasteiger partial charge in [0.2, 0.25) is 11.2 Å². The first kappa shape index (κ1) is 43.2. The molecule has 0 spiro atoms. The molecular weight excluding hydrogens is 777 g/mol. The second kappa shape index (κ2) is 15.1. The summed E-state index contributed by atoms with van der Waals surface area (Å²) in [7, 11) is 1.89. The first-order valence-corrected chi connectivity index (χ1v) is 22.3. The summed E-state index contributed by atoms with van der Waals surface area (Å²) in [6.45, 7) is 17.1. The highest BCUT2D eigenvalue weighted by molar-refractivity contribution is 5.88. The Morgan fingerprint density at radius 2 is 1.44 bits per heavy atom. The van der Waals surface area contributed by atoms with Crippen LogP contribution < -0.4 is 10.2 Å². The number of phenols is 3. The van der Waals surface area contributed by atoms with Gasteiger partial charge < -0.3 is 39.1 Å². The summed E-state index contributed by atoms with van der Waals surface area (Å²) in [6, 6.07) is 5.80. The molecule has 1 aromatic heterocycles. The van der Waals surface area contributed by atoms with Gasteiger partial charge in [0.05, 0.1) is 18.9 Å². The molecule has 1 heterocycles. The van der Waals surface area contributed by atoms with E-state index in [0.29, 0.717) is 35.2 Å². The van der Waals surface area contributed by atoms with Gasteiger partial charge in [-0.05, 0) is 128 Å². The molecule has 0 bridgehead atoms. The lowest BCUT2D eigenvalue weighted by molar-refractivity contribution is -0.178. The van der Waals surface area contributed by atoms with Crippen molar-refractivity contribution in [3.8, 4) is 40.1 Å². The number of allylic oxidation sites excluding steroid dienone is 2. The molecule has 4 saturated carbocycles. The fourth-order valence-electron chi connectivity index (χ4n) is 14.3. The molecule has 3 aromatic rings. The maximum absolute atomic E-state index is 13.4. The van der Waals surface area contributed by atoms with Crippen LogP contribution in [-0.2, 0) is 19.1 Å². The van der Waals surface area contributed by atoms with Crippen molar-refractivity contribution in [2.45, 2.75) is 138 Å². The topological polar surface area (TPSA) is 173 Å². The van der Waals surface area contributed by atoms with E-state index in [0.717, 1.165) is 37.8 Å². The van der Waals surface area contributed by atoms with Crippen LogP contribution in [0.1, 0.15) is 126 Å². The minimum Gasteiger partial charge on any atom is -0.508 e. The fourth-order valence-corrected chi connectivity index (χ4v) is 14.3. The molecule has 8 rings (SSSR count). The molecule has 61 heavy (non-hydrogen) atoms. The van der Waals surface area contributed by atoms with E-state index in [2.05, 4.69) is 54.5 Å². The zero-order chi connectivity index (χ0) is 44.0. The number of aromatic hydroxyl groups is 4. The number of benzene rings is 2. The molecule has 9 atom stereocenters. The summed E-state index contributed by atoms with van der Waals surface area (Å²) in [5.41, 5.74) is 1.13. The number of hydrogen-bond donors (Lipinski definition) is 4. The third kappa shape index (κ3) is 7.01. The van der Waals surface area contributed by atoms with Gasteiger partial charge in [0.1, 0.15) is 28.6 Å². The van der Waals surface area contributed by atoms with E-state index in [1.807, 2.05) is 7.11 Å². The predicted molar refractivity (Wildman–Crippen MR) is 230 cm³/mol. The largest absolute Gasteiger partial charge is 0.508 e. The van der Waals surface area contributed by atoms with Crippen LogP contribution in [0.4, 0.5) is 0 Å². The molecule has 11 nitrogen and oxygen atoms in total. The summed E-state index contributed by atoms with van der Waals surface area (Å²) < 4.78 is 23.4. The van der Waals surface area contributed by atoms with Crippen molar-refractivity contribution in [1.82, 2.24) is 0 Å². The van der Waals surface area contributed by atoms with Crippen LogP contribution in [0.25, 0.3) is 22.3 Å². The quantitative estimate of drug-likeness (QED) is 0.101. The maximum Gasteiger partial charge on any atom is 0.311 e. The average Bonchev–Trinajstić information content (AvgIpc) is 3.34. The molecule has 0 unspecified atom stereocenters. The van der Waals surface area contributed by atoms with Crippen molar-refractivity contribution >= 4 is 22.9 Å². The van der Waals surface area contributed by atoms with E-state index in [1.54, 1.807) is 5.57 Å². The highest BCUT2D eigenvalue weighted by Gasteiger charge is 2.63. The molecule has 2 aromatic carbocycles. The summed E-state index contributed by atoms with van der Waals surface area (Å²) in [4.78, 5) is 39.3. The molecule has 5 aliphatic rings. The van der Waals surface area contributed by atoms with E-state index >= 15 is 0 Å². The number of fused-ring (bicyclic) bond motifs is 7. The number of carbonyl (C=O) groups excluding carboxylic acids is 2. The number of esters is 2. The Morgan fingerprint density at radius 1 is 0.754 bits per heavy atom. The second-order valence-electron chi connectivity index (χ2n) is 21.2. The van der Waals surface area contributed by atoms with Crippen LogP contribution in [0.3, 0.4) is 0 Å². The number of methoxy groups -OCH3 is 1. The first-order chi connectivity index (χ1) is 28.6. The van der Waals surface area contributed by atoms with Crippen molar-refractivity contribution in [2.75, 3.05) is 7.11 Å². The van der Waals surface area contributed by atoms with Crippen molar-refractivity contribution in [1.29, 1.82) is 0 Å². The molecule has 0 aliphatic heterocycles. The fraction of sp³-hybridized carbons (Fsp3) is 0.620. The Hall–Kier alpha value is -4.51. The van der Waals surface area contributed by atoms with E-state index in [9.17, 15) is 34.8 Å². The van der Waals surface area contributed by atoms with Gasteiger partial charge in [-0.25, -0.2) is 0 Å². The van der Waals surface area contributed by atoms with Gasteiger partial charge in [0.25, 0.3) is 0 Å². The van der Waals surface area contributed by atoms with Gasteiger partial charge in [-0.3, -0.25) is 14.4 Å². The SMILES string of the molecule is CO[C@@H]1CC[C@]2(C)[C@H](CC[C@@]3(C)CC4=CC[C@@H]5C(C)(C)[C@H](OC(=O)CCC(=O)Oc6cc(-c7oc8cc(O)cc(O)c8c(=O)c7O)ccc6O)CC[C@@]5(C)[C@@H]4CC[C@@H]32)C1(C)C. The molecular formula is C50H64O11. The molecule has 0 saturated heterocycles. The maximum atomic E-state index is 13.4. The smallest absolute Gasteiger partial charge is 0.311 e. The van der Waals surface area contributed by atoms with Crippen LogP contribution in [0, 0.1) is 50.7 Å². The van der Waals surface area contributed by atoms with Crippen molar-refractivity contribution in [3.05, 3.63) is 52.2 Å². The van der Waals surface area contributed by atoms with E-state index in [-0.39, 0.29) is 74.4 Å². The Morgan fingerprint density at radius 3 is 2.18 bits per heavy atom. The normalized spacial score (nSPS) is 33.8. The third-order valence-corrected chi connectivity index (χ3v) is 17.3. The van der Waals surface area contributed by atoms with Gasteiger partial charge in [0, 0.05) is 30.2 Å². The lowest BCUT2D eigenvalue weighted by Crippen LogP contribution is -2.58. The van der Waals surface area contributed by atoms with E-state index < -0.39 is 34.6 Å². The lowest BCUT2D eigenvalue weighted by Gasteiger charge is -2.64. The van der Waals surface area contributed by atoms with Crippen LogP contribution in [0.2, 0.25) is 0 Å². The van der Waals surface area contributed by atoms with Gasteiger partial charge in [-0.1, -0.05) is 60.1 Å². The highest BCUT2D eigenvalue weighted by Crippen LogP contribution is 2.70. The van der Waals surface area contributed by atoms with Gasteiger partial charge >= 0.3 is 11.9 Å². The number of rotatable bonds is 7. The molecule has 0 amide bonds. The van der Waals surface area contributed by atoms with Crippen molar-refractivity contribution < 1.29 is 48.6 Å². The molecule has 4 fully saturated rings. The first-order valence-electron chi connectivity index (χ1n) is 22.3. The van der Waals surface area contributed by atoms with Gasteiger partial charge in [-0.15, -0.1) is 0 Å². The van der Waals surface area contributed by atoms with Crippen molar-refractivity contribution in [2.24, 2.45) is 50.7 Å². The molecule has 11 heteroatoms. The predicted octanol–water partition coefficient (Wildman–Crippen LogP) is 10.3. The minimum atomic E-state index is -0.942. The summed E-state index contributed by atoms with van der Waals surface area (Å²) in [5, 5.41) is 40.9. The molecule has 4 N–H and O–H groups in total. The highest BCUT2D eigenvalue weighted by atomic mass is 16.6. The summed E-state index contributed by atoms with van der Waals surface area (Å²) in [6.07, 6.45) is 13.3. The molecule has 5 aliphatic carbocycles. The van der Waals surface area contributed by atoms with Gasteiger partial charge in [0.15, 0.2) is 17.3 Å². The number of phenolic OH excluding ortho intramolecular Hbond substituents is 3. The lowest BCUT2D eigenvalue weighted by atomic mass is 9.42. The molecule has 330 valence electrons. The molecule has 0 radical (unpaired) electrons. The van der Waals surface area contributed by atoms with Crippen LogP contribution in [0.15, 0.2) is 51.2 Å². The standard InChI is InChI=1S/C50H64O11/c1-46(2)36-17-20-48(5)26-28-10-13-35-47(3,4)39(19-21-49(35,6)30(28)11-14-37(48)50(36,7)22-18-38(46)58-8)61-41(55)16-15-40(54)59-33-23-27(9-12-31(33)52)45-44(57)43(56)42-32(53)24-29(51)25-34(42)60-45/h9-10,12,23-25,30,35-39,51-53,57H,11,13-22,26H2,1-8H3/t30-,35-,36-,37+,38-,39-,48+,49+,50-/m1/s1. The Balaban J connectivity index is 0.916. The van der Waals surface area contributed by atoms with Crippen LogP contribution >= 0.6 is 0 Å². The minimum absolute atomic E-state index is 0.0729. The second-order valence-corrected chi connectivity index (χ2v) is 21.2. The van der Waals surface area contributed by atoms with E-state index in [1.165, 1.54) is 56.7 Å². The van der Waals surface area contributed by atoms with Crippen LogP contribution in [-0.4, -0.2) is 51.7 Å². The van der Waals surface area contributed by atoms with Gasteiger partial charge in [-0.2, -0.15) is 0 Å². The number of ether oxygens (including phenoxy) is 3. The third-order valence-electron chi connectivity index (χ3n) is 17.3.